The quantitative estimate of drug-likeness (QED) is 0.402. The first-order valence-electron chi connectivity index (χ1n) is 8.15. The van der Waals surface area contributed by atoms with Crippen LogP contribution in [0.5, 0.6) is 0 Å². The maximum Gasteiger partial charge on any atom is 0.234 e. The van der Waals surface area contributed by atoms with Crippen molar-refractivity contribution in [1.82, 2.24) is 14.8 Å². The number of hydrogen-bond acceptors (Lipinski definition) is 4. The highest BCUT2D eigenvalue weighted by Gasteiger charge is 2.15. The Morgan fingerprint density at radius 3 is 2.64 bits per heavy atom. The van der Waals surface area contributed by atoms with E-state index in [9.17, 15) is 9.18 Å². The molecule has 0 saturated carbocycles. The first-order chi connectivity index (χ1) is 13.5. The fraction of sp³-hybridized carbons (Fsp3) is 0.105. The van der Waals surface area contributed by atoms with E-state index in [0.29, 0.717) is 28.2 Å². The lowest BCUT2D eigenvalue weighted by Crippen LogP contribution is -2.14. The Morgan fingerprint density at radius 2 is 1.96 bits per heavy atom. The van der Waals surface area contributed by atoms with Gasteiger partial charge in [0.15, 0.2) is 11.0 Å². The van der Waals surface area contributed by atoms with Gasteiger partial charge in [0.1, 0.15) is 5.82 Å². The number of amides is 1. The number of hydrogen-bond donors (Lipinski definition) is 1. The molecule has 0 radical (unpaired) electrons. The van der Waals surface area contributed by atoms with E-state index in [1.165, 1.54) is 30.0 Å². The number of allylic oxidation sites excluding steroid dienone is 1. The number of benzene rings is 2. The highest BCUT2D eigenvalue weighted by atomic mass is 35.5. The zero-order valence-electron chi connectivity index (χ0n) is 14.5. The van der Waals surface area contributed by atoms with Gasteiger partial charge < -0.3 is 5.32 Å². The molecule has 144 valence electrons. The molecule has 0 bridgehead atoms. The summed E-state index contributed by atoms with van der Waals surface area (Å²) in [5.41, 5.74) is 1.28. The Morgan fingerprint density at radius 1 is 1.21 bits per heavy atom. The molecule has 1 aromatic heterocycles. The summed E-state index contributed by atoms with van der Waals surface area (Å²) in [6.45, 7) is 4.25. The predicted molar refractivity (Wildman–Crippen MR) is 111 cm³/mol. The monoisotopic (exact) mass is 436 g/mol. The van der Waals surface area contributed by atoms with Gasteiger partial charge in [0.05, 0.1) is 10.8 Å². The topological polar surface area (TPSA) is 59.8 Å². The zero-order valence-corrected chi connectivity index (χ0v) is 16.9. The van der Waals surface area contributed by atoms with E-state index in [-0.39, 0.29) is 16.7 Å². The van der Waals surface area contributed by atoms with E-state index < -0.39 is 5.82 Å². The van der Waals surface area contributed by atoms with Crippen LogP contribution in [-0.2, 0) is 11.3 Å². The third-order valence-electron chi connectivity index (χ3n) is 3.67. The smallest absolute Gasteiger partial charge is 0.234 e. The summed E-state index contributed by atoms with van der Waals surface area (Å²) in [6, 6.07) is 11.3. The number of nitrogens with zero attached hydrogens (tertiary/aromatic N) is 3. The van der Waals surface area contributed by atoms with E-state index in [2.05, 4.69) is 22.1 Å². The van der Waals surface area contributed by atoms with Crippen molar-refractivity contribution >= 4 is 46.6 Å². The van der Waals surface area contributed by atoms with E-state index in [1.54, 1.807) is 18.2 Å². The summed E-state index contributed by atoms with van der Waals surface area (Å²) in [6.07, 6.45) is 1.73. The molecule has 1 N–H and O–H groups in total. The fourth-order valence-corrected chi connectivity index (χ4v) is 3.46. The largest absolute Gasteiger partial charge is 0.325 e. The average molecular weight is 437 g/mol. The second-order valence-electron chi connectivity index (χ2n) is 5.68. The van der Waals surface area contributed by atoms with Crippen LogP contribution in [0.3, 0.4) is 0 Å². The van der Waals surface area contributed by atoms with Crippen LogP contribution in [0.1, 0.15) is 0 Å². The summed E-state index contributed by atoms with van der Waals surface area (Å²) in [7, 11) is 0. The number of halogens is 3. The van der Waals surface area contributed by atoms with Crippen molar-refractivity contribution in [3.05, 3.63) is 71.0 Å². The molecular formula is C19H15Cl2FN4OS. The lowest BCUT2D eigenvalue weighted by Gasteiger charge is -2.08. The van der Waals surface area contributed by atoms with E-state index in [1.807, 2.05) is 16.7 Å². The van der Waals surface area contributed by atoms with E-state index in [0.717, 1.165) is 5.56 Å². The zero-order chi connectivity index (χ0) is 20.1. The van der Waals surface area contributed by atoms with Gasteiger partial charge in [-0.1, -0.05) is 41.0 Å². The number of carbonyl (C=O) groups is 1. The van der Waals surface area contributed by atoms with Crippen LogP contribution in [0.25, 0.3) is 11.4 Å². The van der Waals surface area contributed by atoms with Crippen LogP contribution >= 0.6 is 35.0 Å². The van der Waals surface area contributed by atoms with Crippen molar-refractivity contribution in [3.63, 3.8) is 0 Å². The van der Waals surface area contributed by atoms with Crippen molar-refractivity contribution in [1.29, 1.82) is 0 Å². The SMILES string of the molecule is C=CCn1c(SCC(=O)Nc2ccc(F)c(Cl)c2)nnc1-c1ccc(Cl)cc1. The molecule has 0 spiro atoms. The summed E-state index contributed by atoms with van der Waals surface area (Å²) in [4.78, 5) is 12.2. The van der Waals surface area contributed by atoms with Gasteiger partial charge in [0.2, 0.25) is 5.91 Å². The second-order valence-corrected chi connectivity index (χ2v) is 7.46. The maximum atomic E-state index is 13.2. The van der Waals surface area contributed by atoms with Crippen molar-refractivity contribution in [3.8, 4) is 11.4 Å². The van der Waals surface area contributed by atoms with Crippen molar-refractivity contribution in [2.45, 2.75) is 11.7 Å². The summed E-state index contributed by atoms with van der Waals surface area (Å²) in [5, 5.41) is 12.2. The second kappa shape index (κ2) is 9.23. The van der Waals surface area contributed by atoms with Crippen molar-refractivity contribution in [2.24, 2.45) is 0 Å². The van der Waals surface area contributed by atoms with Gasteiger partial charge in [-0.05, 0) is 42.5 Å². The fourth-order valence-electron chi connectivity index (χ4n) is 2.40. The molecule has 0 aliphatic heterocycles. The van der Waals surface area contributed by atoms with Crippen molar-refractivity contribution in [2.75, 3.05) is 11.1 Å². The Kier molecular flexibility index (Phi) is 6.72. The predicted octanol–water partition coefficient (Wildman–Crippen LogP) is 5.31. The Labute approximate surface area is 175 Å². The van der Waals surface area contributed by atoms with Crippen LogP contribution in [0.4, 0.5) is 10.1 Å². The number of thioether (sulfide) groups is 1. The Bertz CT molecular complexity index is 1010. The van der Waals surface area contributed by atoms with Gasteiger partial charge in [-0.3, -0.25) is 9.36 Å². The normalized spacial score (nSPS) is 10.7. The molecule has 28 heavy (non-hydrogen) atoms. The van der Waals surface area contributed by atoms with Crippen molar-refractivity contribution < 1.29 is 9.18 Å². The van der Waals surface area contributed by atoms with Gasteiger partial charge in [-0.15, -0.1) is 16.8 Å². The van der Waals surface area contributed by atoms with Gasteiger partial charge >= 0.3 is 0 Å². The van der Waals surface area contributed by atoms with Crippen LogP contribution in [0, 0.1) is 5.82 Å². The van der Waals surface area contributed by atoms with Gasteiger partial charge in [0, 0.05) is 22.8 Å². The van der Waals surface area contributed by atoms with Gasteiger partial charge in [-0.25, -0.2) is 4.39 Å². The first kappa shape index (κ1) is 20.4. The molecule has 3 rings (SSSR count). The molecule has 5 nitrogen and oxygen atoms in total. The lowest BCUT2D eigenvalue weighted by molar-refractivity contribution is -0.113. The molecule has 0 unspecified atom stereocenters. The molecule has 0 atom stereocenters. The minimum atomic E-state index is -0.540. The molecule has 0 aliphatic carbocycles. The van der Waals surface area contributed by atoms with E-state index in [4.69, 9.17) is 23.2 Å². The maximum absolute atomic E-state index is 13.2. The Hall–Kier alpha value is -2.35. The lowest BCUT2D eigenvalue weighted by atomic mass is 10.2. The number of anilines is 1. The van der Waals surface area contributed by atoms with Crippen LogP contribution in [0.15, 0.2) is 60.3 Å². The number of nitrogens with one attached hydrogen (secondary N) is 1. The third kappa shape index (κ3) is 4.92. The minimum absolute atomic E-state index is 0.0521. The molecule has 2 aromatic carbocycles. The standard InChI is InChI=1S/C19H15Cl2FN4OS/c1-2-9-26-18(12-3-5-13(20)6-4-12)24-25-19(26)28-11-17(27)23-14-7-8-16(22)15(21)10-14/h2-8,10H,1,9,11H2,(H,23,27). The first-order valence-corrected chi connectivity index (χ1v) is 9.90. The van der Waals surface area contributed by atoms with Crippen LogP contribution in [-0.4, -0.2) is 26.4 Å². The molecular weight excluding hydrogens is 422 g/mol. The number of carbonyl (C=O) groups excluding carboxylic acids is 1. The van der Waals surface area contributed by atoms with Crippen LogP contribution < -0.4 is 5.32 Å². The molecule has 1 heterocycles. The summed E-state index contributed by atoms with van der Waals surface area (Å²) in [5.74, 6) is -0.0507. The van der Waals surface area contributed by atoms with Crippen LogP contribution in [0.2, 0.25) is 10.0 Å². The average Bonchev–Trinajstić information content (AvgIpc) is 3.07. The van der Waals surface area contributed by atoms with Gasteiger partial charge in [0.25, 0.3) is 0 Å². The molecule has 0 aliphatic rings. The van der Waals surface area contributed by atoms with E-state index >= 15 is 0 Å². The third-order valence-corrected chi connectivity index (χ3v) is 5.18. The molecule has 3 aromatic rings. The Balaban J connectivity index is 1.71. The summed E-state index contributed by atoms with van der Waals surface area (Å²) < 4.78 is 15.1. The molecule has 1 amide bonds. The summed E-state index contributed by atoms with van der Waals surface area (Å²) >= 11 is 12.9. The van der Waals surface area contributed by atoms with Gasteiger partial charge in [-0.2, -0.15) is 0 Å². The molecule has 9 heteroatoms. The highest BCUT2D eigenvalue weighted by molar-refractivity contribution is 7.99. The highest BCUT2D eigenvalue weighted by Crippen LogP contribution is 2.26. The molecule has 0 saturated heterocycles. The molecule has 0 fully saturated rings. The number of rotatable bonds is 7. The minimum Gasteiger partial charge on any atom is -0.325 e. The number of aromatic nitrogens is 3.